The number of nitrogens with zero attached hydrogens (tertiary/aromatic N) is 1. The van der Waals surface area contributed by atoms with Gasteiger partial charge >= 0.3 is 0 Å². The Kier molecular flexibility index (Phi) is 3.81. The Hall–Kier alpha value is -1.22. The standard InChI is InChI=1S/C15H24N2O/c1-15(2)6-8-17(9-7-15)11-12-4-5-13(18-3)10-14(12)16/h4-5,10H,6-9,11,16H2,1-3H3. The van der Waals surface area contributed by atoms with E-state index < -0.39 is 0 Å². The molecule has 18 heavy (non-hydrogen) atoms. The van der Waals surface area contributed by atoms with Gasteiger partial charge in [0.1, 0.15) is 5.75 Å². The van der Waals surface area contributed by atoms with Crippen molar-refractivity contribution in [3.8, 4) is 5.75 Å². The Morgan fingerprint density at radius 3 is 2.50 bits per heavy atom. The second-order valence-corrected chi connectivity index (χ2v) is 6.01. The van der Waals surface area contributed by atoms with Crippen LogP contribution < -0.4 is 10.5 Å². The van der Waals surface area contributed by atoms with E-state index in [1.54, 1.807) is 7.11 Å². The molecule has 0 spiro atoms. The maximum absolute atomic E-state index is 6.06. The molecule has 0 aromatic heterocycles. The van der Waals surface area contributed by atoms with Gasteiger partial charge in [-0.1, -0.05) is 19.9 Å². The number of ether oxygens (including phenoxy) is 1. The largest absolute Gasteiger partial charge is 0.497 e. The number of nitrogen functional groups attached to an aromatic ring is 1. The van der Waals surface area contributed by atoms with Crippen LogP contribution in [-0.4, -0.2) is 25.1 Å². The summed E-state index contributed by atoms with van der Waals surface area (Å²) in [4.78, 5) is 2.49. The van der Waals surface area contributed by atoms with Gasteiger partial charge in [0.25, 0.3) is 0 Å². The Labute approximate surface area is 110 Å². The van der Waals surface area contributed by atoms with Crippen LogP contribution in [0.5, 0.6) is 5.75 Å². The van der Waals surface area contributed by atoms with Crippen molar-refractivity contribution in [2.75, 3.05) is 25.9 Å². The normalized spacial score (nSPS) is 19.7. The molecule has 2 rings (SSSR count). The second kappa shape index (κ2) is 5.19. The van der Waals surface area contributed by atoms with Crippen LogP contribution in [0.25, 0.3) is 0 Å². The van der Waals surface area contributed by atoms with Crippen molar-refractivity contribution in [1.82, 2.24) is 4.90 Å². The monoisotopic (exact) mass is 248 g/mol. The summed E-state index contributed by atoms with van der Waals surface area (Å²) in [7, 11) is 1.67. The Morgan fingerprint density at radius 2 is 1.94 bits per heavy atom. The minimum absolute atomic E-state index is 0.502. The van der Waals surface area contributed by atoms with Crippen molar-refractivity contribution in [3.63, 3.8) is 0 Å². The topological polar surface area (TPSA) is 38.5 Å². The lowest BCUT2D eigenvalue weighted by Gasteiger charge is -2.37. The van der Waals surface area contributed by atoms with Crippen LogP contribution in [0.4, 0.5) is 5.69 Å². The van der Waals surface area contributed by atoms with E-state index in [0.717, 1.165) is 18.0 Å². The first-order valence-electron chi connectivity index (χ1n) is 6.65. The molecule has 0 radical (unpaired) electrons. The van der Waals surface area contributed by atoms with Gasteiger partial charge in [-0.05, 0) is 43.0 Å². The zero-order valence-corrected chi connectivity index (χ0v) is 11.7. The van der Waals surface area contributed by atoms with E-state index in [1.165, 1.54) is 31.5 Å². The van der Waals surface area contributed by atoms with Crippen LogP contribution in [0, 0.1) is 5.41 Å². The van der Waals surface area contributed by atoms with Crippen LogP contribution in [0.2, 0.25) is 0 Å². The van der Waals surface area contributed by atoms with E-state index in [1.807, 2.05) is 12.1 Å². The highest BCUT2D eigenvalue weighted by molar-refractivity contribution is 5.51. The molecule has 1 saturated heterocycles. The zero-order chi connectivity index (χ0) is 13.2. The fraction of sp³-hybridized carbons (Fsp3) is 0.600. The summed E-state index contributed by atoms with van der Waals surface area (Å²) in [5.41, 5.74) is 8.60. The molecule has 1 heterocycles. The molecule has 1 aromatic rings. The average Bonchev–Trinajstić information content (AvgIpc) is 2.34. The Balaban J connectivity index is 1.98. The fourth-order valence-corrected chi connectivity index (χ4v) is 2.40. The highest BCUT2D eigenvalue weighted by Gasteiger charge is 2.25. The van der Waals surface area contributed by atoms with Crippen molar-refractivity contribution in [3.05, 3.63) is 23.8 Å². The molecule has 0 aliphatic carbocycles. The van der Waals surface area contributed by atoms with Crippen LogP contribution in [0.3, 0.4) is 0 Å². The van der Waals surface area contributed by atoms with E-state index in [-0.39, 0.29) is 0 Å². The quantitative estimate of drug-likeness (QED) is 0.836. The molecule has 1 aromatic carbocycles. The molecule has 3 nitrogen and oxygen atoms in total. The molecule has 0 atom stereocenters. The molecule has 100 valence electrons. The number of hydrogen-bond acceptors (Lipinski definition) is 3. The number of likely N-dealkylation sites (tertiary alicyclic amines) is 1. The Bertz CT molecular complexity index is 405. The third-order valence-corrected chi connectivity index (χ3v) is 3.96. The molecule has 2 N–H and O–H groups in total. The predicted octanol–water partition coefficient (Wildman–Crippen LogP) is 2.90. The van der Waals surface area contributed by atoms with Crippen LogP contribution in [-0.2, 0) is 6.54 Å². The average molecular weight is 248 g/mol. The van der Waals surface area contributed by atoms with E-state index in [9.17, 15) is 0 Å². The third-order valence-electron chi connectivity index (χ3n) is 3.96. The summed E-state index contributed by atoms with van der Waals surface area (Å²) < 4.78 is 5.17. The van der Waals surface area contributed by atoms with Crippen molar-refractivity contribution < 1.29 is 4.74 Å². The van der Waals surface area contributed by atoms with Crippen molar-refractivity contribution in [1.29, 1.82) is 0 Å². The first kappa shape index (κ1) is 13.2. The molecule has 0 bridgehead atoms. The number of benzene rings is 1. The molecule has 0 amide bonds. The number of rotatable bonds is 3. The van der Waals surface area contributed by atoms with Gasteiger partial charge in [-0.2, -0.15) is 0 Å². The summed E-state index contributed by atoms with van der Waals surface area (Å²) in [6, 6.07) is 5.97. The number of methoxy groups -OCH3 is 1. The van der Waals surface area contributed by atoms with E-state index >= 15 is 0 Å². The van der Waals surface area contributed by atoms with Crippen molar-refractivity contribution >= 4 is 5.69 Å². The highest BCUT2D eigenvalue weighted by atomic mass is 16.5. The molecule has 1 aliphatic heterocycles. The van der Waals surface area contributed by atoms with Gasteiger partial charge in [-0.25, -0.2) is 0 Å². The SMILES string of the molecule is COc1ccc(CN2CCC(C)(C)CC2)c(N)c1. The van der Waals surface area contributed by atoms with Gasteiger partial charge in [0.2, 0.25) is 0 Å². The summed E-state index contributed by atoms with van der Waals surface area (Å²) in [6.45, 7) is 7.99. The van der Waals surface area contributed by atoms with E-state index in [2.05, 4.69) is 24.8 Å². The molecule has 3 heteroatoms. The zero-order valence-electron chi connectivity index (χ0n) is 11.7. The van der Waals surface area contributed by atoms with Crippen LogP contribution >= 0.6 is 0 Å². The molecular weight excluding hydrogens is 224 g/mol. The van der Waals surface area contributed by atoms with Crippen LogP contribution in [0.1, 0.15) is 32.3 Å². The number of anilines is 1. The molecule has 0 saturated carbocycles. The Morgan fingerprint density at radius 1 is 1.28 bits per heavy atom. The molecule has 1 aliphatic rings. The lowest BCUT2D eigenvalue weighted by Crippen LogP contribution is -2.36. The smallest absolute Gasteiger partial charge is 0.120 e. The summed E-state index contributed by atoms with van der Waals surface area (Å²) in [5.74, 6) is 0.830. The summed E-state index contributed by atoms with van der Waals surface area (Å²) in [5, 5.41) is 0. The van der Waals surface area contributed by atoms with Gasteiger partial charge in [-0.3, -0.25) is 4.90 Å². The van der Waals surface area contributed by atoms with Crippen LogP contribution in [0.15, 0.2) is 18.2 Å². The summed E-state index contributed by atoms with van der Waals surface area (Å²) in [6.07, 6.45) is 2.53. The van der Waals surface area contributed by atoms with Gasteiger partial charge in [-0.15, -0.1) is 0 Å². The van der Waals surface area contributed by atoms with Gasteiger partial charge < -0.3 is 10.5 Å². The number of nitrogens with two attached hydrogens (primary N) is 1. The van der Waals surface area contributed by atoms with Gasteiger partial charge in [0.05, 0.1) is 7.11 Å². The predicted molar refractivity (Wildman–Crippen MR) is 75.7 cm³/mol. The molecular formula is C15H24N2O. The first-order chi connectivity index (χ1) is 8.50. The van der Waals surface area contributed by atoms with Crippen molar-refractivity contribution in [2.45, 2.75) is 33.2 Å². The fourth-order valence-electron chi connectivity index (χ4n) is 2.40. The maximum atomic E-state index is 6.06. The van der Waals surface area contributed by atoms with E-state index in [0.29, 0.717) is 5.41 Å². The lowest BCUT2D eigenvalue weighted by atomic mass is 9.82. The van der Waals surface area contributed by atoms with E-state index in [4.69, 9.17) is 10.5 Å². The number of hydrogen-bond donors (Lipinski definition) is 1. The second-order valence-electron chi connectivity index (χ2n) is 6.01. The van der Waals surface area contributed by atoms with Gasteiger partial charge in [0, 0.05) is 18.3 Å². The lowest BCUT2D eigenvalue weighted by molar-refractivity contribution is 0.127. The molecule has 1 fully saturated rings. The highest BCUT2D eigenvalue weighted by Crippen LogP contribution is 2.31. The van der Waals surface area contributed by atoms with Gasteiger partial charge in [0.15, 0.2) is 0 Å². The molecule has 0 unspecified atom stereocenters. The first-order valence-corrected chi connectivity index (χ1v) is 6.65. The third kappa shape index (κ3) is 3.16. The van der Waals surface area contributed by atoms with Crippen molar-refractivity contribution in [2.24, 2.45) is 5.41 Å². The maximum Gasteiger partial charge on any atom is 0.120 e. The summed E-state index contributed by atoms with van der Waals surface area (Å²) >= 11 is 0. The minimum Gasteiger partial charge on any atom is -0.497 e. The minimum atomic E-state index is 0.502. The number of piperidine rings is 1.